The highest BCUT2D eigenvalue weighted by atomic mass is 16.5. The van der Waals surface area contributed by atoms with E-state index in [1.165, 1.54) is 0 Å². The second-order valence-electron chi connectivity index (χ2n) is 5.96. The minimum atomic E-state index is -0.0242. The van der Waals surface area contributed by atoms with Crippen LogP contribution in [0.3, 0.4) is 0 Å². The number of ether oxygens (including phenoxy) is 1. The van der Waals surface area contributed by atoms with Crippen LogP contribution in [0.4, 0.5) is 0 Å². The summed E-state index contributed by atoms with van der Waals surface area (Å²) in [6.45, 7) is 3.59. The number of nitrogens with one attached hydrogen (secondary N) is 1. The zero-order valence-corrected chi connectivity index (χ0v) is 14.5. The van der Waals surface area contributed by atoms with Crippen LogP contribution in [0.25, 0.3) is 11.2 Å². The van der Waals surface area contributed by atoms with Crippen LogP contribution in [-0.2, 0) is 29.0 Å². The molecule has 25 heavy (non-hydrogen) atoms. The van der Waals surface area contributed by atoms with Crippen LogP contribution in [0.5, 0.6) is 0 Å². The van der Waals surface area contributed by atoms with Gasteiger partial charge in [0.25, 0.3) is 0 Å². The quantitative estimate of drug-likeness (QED) is 0.717. The molecule has 3 rings (SSSR count). The van der Waals surface area contributed by atoms with Crippen molar-refractivity contribution >= 4 is 17.1 Å². The lowest BCUT2D eigenvalue weighted by atomic mass is 10.1. The number of pyridine rings is 1. The standard InChI is InChI=1S/C19H22N4O2/c1-14-5-3-6-15(11-14)12-18(24)21-13-17-22-16-7-4-8-20-19(16)23(17)9-10-25-2/h3-8,11H,9-10,12-13H2,1-2H3,(H,21,24). The van der Waals surface area contributed by atoms with Crippen molar-refractivity contribution in [2.24, 2.45) is 0 Å². The minimum absolute atomic E-state index is 0.0242. The number of aryl methyl sites for hydroxylation is 1. The Balaban J connectivity index is 1.70. The topological polar surface area (TPSA) is 69.0 Å². The minimum Gasteiger partial charge on any atom is -0.383 e. The number of carbonyl (C=O) groups excluding carboxylic acids is 1. The highest BCUT2D eigenvalue weighted by Gasteiger charge is 2.12. The third-order valence-electron chi connectivity index (χ3n) is 3.99. The number of aromatic nitrogens is 3. The van der Waals surface area contributed by atoms with Gasteiger partial charge >= 0.3 is 0 Å². The Morgan fingerprint density at radius 3 is 2.96 bits per heavy atom. The molecule has 0 saturated heterocycles. The number of benzene rings is 1. The molecule has 0 bridgehead atoms. The Hall–Kier alpha value is -2.73. The number of hydrogen-bond acceptors (Lipinski definition) is 4. The number of carbonyl (C=O) groups is 1. The van der Waals surface area contributed by atoms with E-state index in [-0.39, 0.29) is 5.91 Å². The van der Waals surface area contributed by atoms with Crippen molar-refractivity contribution in [2.75, 3.05) is 13.7 Å². The second kappa shape index (κ2) is 7.90. The number of nitrogens with zero attached hydrogens (tertiary/aromatic N) is 3. The second-order valence-corrected chi connectivity index (χ2v) is 5.96. The molecule has 0 fully saturated rings. The van der Waals surface area contributed by atoms with Gasteiger partial charge in [0, 0.05) is 19.9 Å². The summed E-state index contributed by atoms with van der Waals surface area (Å²) in [4.78, 5) is 21.2. The van der Waals surface area contributed by atoms with E-state index in [4.69, 9.17) is 4.74 Å². The summed E-state index contributed by atoms with van der Waals surface area (Å²) < 4.78 is 7.16. The zero-order valence-electron chi connectivity index (χ0n) is 14.5. The van der Waals surface area contributed by atoms with Crippen molar-refractivity contribution in [3.63, 3.8) is 0 Å². The molecule has 0 aliphatic heterocycles. The summed E-state index contributed by atoms with van der Waals surface area (Å²) in [6.07, 6.45) is 2.10. The Morgan fingerprint density at radius 2 is 2.16 bits per heavy atom. The first-order valence-electron chi connectivity index (χ1n) is 8.28. The molecule has 0 radical (unpaired) electrons. The normalized spacial score (nSPS) is 11.0. The Bertz CT molecular complexity index is 873. The molecule has 0 spiro atoms. The summed E-state index contributed by atoms with van der Waals surface area (Å²) in [7, 11) is 1.66. The Labute approximate surface area is 146 Å². The SMILES string of the molecule is COCCn1c(CNC(=O)Cc2cccc(C)c2)nc2cccnc21. The smallest absolute Gasteiger partial charge is 0.224 e. The number of rotatable bonds is 7. The van der Waals surface area contributed by atoms with Crippen LogP contribution in [0, 0.1) is 6.92 Å². The molecule has 3 aromatic rings. The highest BCUT2D eigenvalue weighted by molar-refractivity contribution is 5.78. The molecule has 1 amide bonds. The summed E-state index contributed by atoms with van der Waals surface area (Å²) in [5.41, 5.74) is 3.79. The predicted octanol–water partition coefficient (Wildman–Crippen LogP) is 2.25. The van der Waals surface area contributed by atoms with Crippen LogP contribution >= 0.6 is 0 Å². The molecule has 6 heteroatoms. The maximum absolute atomic E-state index is 12.2. The fourth-order valence-corrected chi connectivity index (χ4v) is 2.81. The van der Waals surface area contributed by atoms with Crippen LogP contribution in [0.1, 0.15) is 17.0 Å². The maximum atomic E-state index is 12.2. The van der Waals surface area contributed by atoms with Crippen LogP contribution in [0.2, 0.25) is 0 Å². The van der Waals surface area contributed by atoms with Gasteiger partial charge in [-0.25, -0.2) is 9.97 Å². The van der Waals surface area contributed by atoms with E-state index in [0.29, 0.717) is 26.1 Å². The first-order chi connectivity index (χ1) is 12.2. The van der Waals surface area contributed by atoms with E-state index in [2.05, 4.69) is 15.3 Å². The van der Waals surface area contributed by atoms with E-state index in [1.54, 1.807) is 13.3 Å². The van der Waals surface area contributed by atoms with Gasteiger partial charge in [-0.05, 0) is 24.6 Å². The molecule has 130 valence electrons. The van der Waals surface area contributed by atoms with Gasteiger partial charge in [-0.2, -0.15) is 0 Å². The van der Waals surface area contributed by atoms with Crippen molar-refractivity contribution in [2.45, 2.75) is 26.4 Å². The third kappa shape index (κ3) is 4.22. The molecule has 0 atom stereocenters. The molecule has 0 aliphatic rings. The fourth-order valence-electron chi connectivity index (χ4n) is 2.81. The van der Waals surface area contributed by atoms with Gasteiger partial charge in [0.2, 0.25) is 5.91 Å². The number of hydrogen-bond donors (Lipinski definition) is 1. The lowest BCUT2D eigenvalue weighted by Gasteiger charge is -2.09. The molecule has 6 nitrogen and oxygen atoms in total. The Kier molecular flexibility index (Phi) is 5.40. The number of imidazole rings is 1. The Morgan fingerprint density at radius 1 is 1.28 bits per heavy atom. The van der Waals surface area contributed by atoms with Crippen molar-refractivity contribution in [3.8, 4) is 0 Å². The van der Waals surface area contributed by atoms with Crippen molar-refractivity contribution in [3.05, 3.63) is 59.5 Å². The molecule has 2 aromatic heterocycles. The monoisotopic (exact) mass is 338 g/mol. The van der Waals surface area contributed by atoms with Gasteiger partial charge < -0.3 is 14.6 Å². The lowest BCUT2D eigenvalue weighted by molar-refractivity contribution is -0.120. The van der Waals surface area contributed by atoms with E-state index in [0.717, 1.165) is 28.1 Å². The molecule has 0 unspecified atom stereocenters. The first-order valence-corrected chi connectivity index (χ1v) is 8.28. The zero-order chi connectivity index (χ0) is 17.6. The van der Waals surface area contributed by atoms with Crippen molar-refractivity contribution < 1.29 is 9.53 Å². The van der Waals surface area contributed by atoms with Gasteiger partial charge in [0.1, 0.15) is 11.3 Å². The molecule has 2 heterocycles. The van der Waals surface area contributed by atoms with Gasteiger partial charge in [0.15, 0.2) is 5.65 Å². The van der Waals surface area contributed by atoms with Gasteiger partial charge in [-0.1, -0.05) is 29.8 Å². The predicted molar refractivity (Wildman–Crippen MR) is 96.1 cm³/mol. The van der Waals surface area contributed by atoms with Crippen molar-refractivity contribution in [1.82, 2.24) is 19.9 Å². The molecular formula is C19H22N4O2. The largest absolute Gasteiger partial charge is 0.383 e. The molecule has 0 aliphatic carbocycles. The molecule has 1 aromatic carbocycles. The van der Waals surface area contributed by atoms with E-state index in [1.807, 2.05) is 47.9 Å². The van der Waals surface area contributed by atoms with Crippen LogP contribution in [0.15, 0.2) is 42.6 Å². The first kappa shape index (κ1) is 17.1. The average molecular weight is 338 g/mol. The van der Waals surface area contributed by atoms with Crippen LogP contribution < -0.4 is 5.32 Å². The fraction of sp³-hybridized carbons (Fsp3) is 0.316. The van der Waals surface area contributed by atoms with E-state index < -0.39 is 0 Å². The molecule has 1 N–H and O–H groups in total. The summed E-state index contributed by atoms with van der Waals surface area (Å²) in [5, 5.41) is 2.95. The van der Waals surface area contributed by atoms with Gasteiger partial charge in [-0.3, -0.25) is 4.79 Å². The van der Waals surface area contributed by atoms with Crippen molar-refractivity contribution in [1.29, 1.82) is 0 Å². The summed E-state index contributed by atoms with van der Waals surface area (Å²) >= 11 is 0. The van der Waals surface area contributed by atoms with E-state index in [9.17, 15) is 4.79 Å². The molecule has 0 saturated carbocycles. The lowest BCUT2D eigenvalue weighted by Crippen LogP contribution is -2.26. The number of methoxy groups -OCH3 is 1. The number of fused-ring (bicyclic) bond motifs is 1. The van der Waals surface area contributed by atoms with Gasteiger partial charge in [0.05, 0.1) is 19.6 Å². The average Bonchev–Trinajstić information content (AvgIpc) is 2.96. The van der Waals surface area contributed by atoms with Crippen LogP contribution in [-0.4, -0.2) is 34.2 Å². The van der Waals surface area contributed by atoms with Gasteiger partial charge in [-0.15, -0.1) is 0 Å². The third-order valence-corrected chi connectivity index (χ3v) is 3.99. The number of amides is 1. The maximum Gasteiger partial charge on any atom is 0.224 e. The summed E-state index contributed by atoms with van der Waals surface area (Å²) in [6, 6.07) is 11.8. The van der Waals surface area contributed by atoms with E-state index >= 15 is 0 Å². The summed E-state index contributed by atoms with van der Waals surface area (Å²) in [5.74, 6) is 0.757. The highest BCUT2D eigenvalue weighted by Crippen LogP contribution is 2.13. The molecular weight excluding hydrogens is 316 g/mol.